The lowest BCUT2D eigenvalue weighted by Gasteiger charge is -2.42. The highest BCUT2D eigenvalue weighted by Gasteiger charge is 2.50. The number of rotatable bonds is 7. The molecule has 4 aromatic rings. The van der Waals surface area contributed by atoms with Crippen molar-refractivity contribution in [3.8, 4) is 23.3 Å². The molecule has 5 aliphatic heterocycles. The van der Waals surface area contributed by atoms with Gasteiger partial charge in [0.2, 0.25) is 0 Å². The molecule has 2 bridgehead atoms. The molecule has 256 valence electrons. The molecule has 1 aromatic carbocycles. The van der Waals surface area contributed by atoms with Gasteiger partial charge in [0.25, 0.3) is 0 Å². The lowest BCUT2D eigenvalue weighted by Crippen LogP contribution is -2.54. The first-order valence-corrected chi connectivity index (χ1v) is 17.6. The van der Waals surface area contributed by atoms with E-state index in [1.807, 2.05) is 6.07 Å². The molecule has 3 unspecified atom stereocenters. The molecule has 9 rings (SSSR count). The molecule has 0 amide bonds. The summed E-state index contributed by atoms with van der Waals surface area (Å²) in [6.45, 7) is 2.75. The fourth-order valence-electron chi connectivity index (χ4n) is 9.16. The fraction of sp³-hybridized carbons (Fsp3) is 0.529. The first kappa shape index (κ1) is 31.2. The topological polar surface area (TPSA) is 117 Å². The van der Waals surface area contributed by atoms with Crippen LogP contribution >= 0.6 is 11.3 Å². The van der Waals surface area contributed by atoms with Crippen molar-refractivity contribution in [2.75, 3.05) is 56.6 Å². The highest BCUT2D eigenvalue weighted by Crippen LogP contribution is 2.48. The van der Waals surface area contributed by atoms with Gasteiger partial charge in [-0.05, 0) is 43.4 Å². The van der Waals surface area contributed by atoms with Gasteiger partial charge in [-0.1, -0.05) is 0 Å². The van der Waals surface area contributed by atoms with Crippen LogP contribution in [0.5, 0.6) is 6.01 Å². The van der Waals surface area contributed by atoms with E-state index in [0.29, 0.717) is 54.9 Å². The summed E-state index contributed by atoms with van der Waals surface area (Å²) in [6, 6.07) is 2.07. The number of pyridine rings is 1. The molecule has 0 spiro atoms. The molecule has 15 heteroatoms. The Morgan fingerprint density at radius 2 is 1.92 bits per heavy atom. The number of halogens is 4. The van der Waals surface area contributed by atoms with Crippen LogP contribution in [0.2, 0.25) is 0 Å². The lowest BCUT2D eigenvalue weighted by atomic mass is 9.93. The molecule has 0 radical (unpaired) electrons. The average molecular weight is 695 g/mol. The second kappa shape index (κ2) is 11.6. The van der Waals surface area contributed by atoms with E-state index in [-0.39, 0.29) is 75.3 Å². The van der Waals surface area contributed by atoms with E-state index < -0.39 is 30.0 Å². The Labute approximate surface area is 283 Å². The van der Waals surface area contributed by atoms with Gasteiger partial charge < -0.3 is 20.1 Å². The van der Waals surface area contributed by atoms with E-state index in [0.717, 1.165) is 49.8 Å². The van der Waals surface area contributed by atoms with Crippen molar-refractivity contribution in [2.45, 2.75) is 69.1 Å². The number of fused-ring (bicyclic) bond motifs is 7. The molecule has 10 nitrogen and oxygen atoms in total. The first-order chi connectivity index (χ1) is 23.8. The Balaban J connectivity index is 1.25. The standard InChI is InChI=1S/C34H34F4N8O2S/c35-5-7-44-12-18-2-3-19(13-44)46(18)32-26-22-15-47-14-21(22)24(28-25-20(9-39)31(40)49-30(25)23(37)10-41-28)27(38)29(26)42-33(43-32)48-16-34-4-1-6-45(34)11-17(36)8-34/h10,17-19H,1-8,11-16,40H2/t17-,18?,19?,34?/m1/s1. The van der Waals surface area contributed by atoms with Gasteiger partial charge in [0, 0.05) is 55.6 Å². The van der Waals surface area contributed by atoms with Crippen LogP contribution in [0.1, 0.15) is 48.8 Å². The van der Waals surface area contributed by atoms with E-state index >= 15 is 8.78 Å². The summed E-state index contributed by atoms with van der Waals surface area (Å²) >= 11 is 0.918. The number of piperazine rings is 1. The van der Waals surface area contributed by atoms with Crippen molar-refractivity contribution in [3.05, 3.63) is 34.5 Å². The quantitative estimate of drug-likeness (QED) is 0.258. The van der Waals surface area contributed by atoms with Crippen LogP contribution in [0.15, 0.2) is 6.20 Å². The van der Waals surface area contributed by atoms with Crippen LogP contribution in [0.4, 0.5) is 28.4 Å². The number of nitrogens with zero attached hydrogens (tertiary/aromatic N) is 7. The van der Waals surface area contributed by atoms with Crippen LogP contribution in [-0.2, 0) is 18.0 Å². The Morgan fingerprint density at radius 3 is 2.69 bits per heavy atom. The molecule has 2 N–H and O–H groups in total. The van der Waals surface area contributed by atoms with Crippen LogP contribution in [0.25, 0.3) is 32.2 Å². The van der Waals surface area contributed by atoms with Gasteiger partial charge >= 0.3 is 6.01 Å². The van der Waals surface area contributed by atoms with E-state index in [4.69, 9.17) is 25.2 Å². The molecule has 4 saturated heterocycles. The van der Waals surface area contributed by atoms with Gasteiger partial charge in [-0.3, -0.25) is 14.8 Å². The number of nitrogen functional groups attached to an aromatic ring is 1. The van der Waals surface area contributed by atoms with Gasteiger partial charge in [0.05, 0.1) is 46.3 Å². The molecular formula is C34H34F4N8O2S. The molecule has 49 heavy (non-hydrogen) atoms. The second-order valence-electron chi connectivity index (χ2n) is 13.9. The number of hydrogen-bond donors (Lipinski definition) is 1. The number of nitriles is 1. The Bertz CT molecular complexity index is 2040. The van der Waals surface area contributed by atoms with Crippen molar-refractivity contribution in [3.63, 3.8) is 0 Å². The third kappa shape index (κ3) is 4.71. The van der Waals surface area contributed by atoms with Crippen LogP contribution < -0.4 is 15.4 Å². The highest BCUT2D eigenvalue weighted by molar-refractivity contribution is 7.23. The van der Waals surface area contributed by atoms with Crippen molar-refractivity contribution >= 4 is 43.1 Å². The summed E-state index contributed by atoms with van der Waals surface area (Å²) in [6.07, 6.45) is 3.90. The predicted octanol–water partition coefficient (Wildman–Crippen LogP) is 5.25. The molecule has 5 aliphatic rings. The number of nitrogens with two attached hydrogens (primary N) is 1. The second-order valence-corrected chi connectivity index (χ2v) is 15.0. The minimum absolute atomic E-state index is 0.00129. The number of thiophene rings is 1. The summed E-state index contributed by atoms with van der Waals surface area (Å²) in [5, 5.41) is 10.7. The number of hydrogen-bond acceptors (Lipinski definition) is 11. The van der Waals surface area contributed by atoms with Crippen molar-refractivity contribution in [2.24, 2.45) is 0 Å². The van der Waals surface area contributed by atoms with Gasteiger partial charge in [-0.2, -0.15) is 15.2 Å². The fourth-order valence-corrected chi connectivity index (χ4v) is 10.1. The van der Waals surface area contributed by atoms with Crippen LogP contribution in [0, 0.1) is 23.0 Å². The monoisotopic (exact) mass is 694 g/mol. The predicted molar refractivity (Wildman–Crippen MR) is 176 cm³/mol. The maximum atomic E-state index is 17.4. The number of benzene rings is 1. The van der Waals surface area contributed by atoms with Gasteiger partial charge in [0.15, 0.2) is 11.6 Å². The van der Waals surface area contributed by atoms with Crippen LogP contribution in [-0.4, -0.2) is 94.6 Å². The van der Waals surface area contributed by atoms with Crippen LogP contribution in [0.3, 0.4) is 0 Å². The van der Waals surface area contributed by atoms with Gasteiger partial charge in [-0.25, -0.2) is 17.6 Å². The number of ether oxygens (including phenoxy) is 2. The Morgan fingerprint density at radius 1 is 1.12 bits per heavy atom. The zero-order valence-corrected chi connectivity index (χ0v) is 27.5. The molecule has 0 saturated carbocycles. The molecule has 4 fully saturated rings. The third-order valence-corrected chi connectivity index (χ3v) is 12.3. The van der Waals surface area contributed by atoms with Crippen molar-refractivity contribution in [1.29, 1.82) is 5.26 Å². The number of aromatic nitrogens is 3. The number of anilines is 2. The van der Waals surface area contributed by atoms with E-state index in [9.17, 15) is 14.0 Å². The summed E-state index contributed by atoms with van der Waals surface area (Å²) in [5.41, 5.74) is 7.07. The largest absolute Gasteiger partial charge is 0.461 e. The first-order valence-electron chi connectivity index (χ1n) is 16.8. The number of alkyl halides is 2. The zero-order chi connectivity index (χ0) is 33.6. The lowest BCUT2D eigenvalue weighted by molar-refractivity contribution is 0.107. The van der Waals surface area contributed by atoms with Crippen molar-refractivity contribution < 1.29 is 27.0 Å². The SMILES string of the molecule is N#Cc1c(N)sc2c(F)cnc(-c3c4c(c5c(N6C7CCC6CN(CCF)C7)nc(OCC67CCCN6C[C@H](F)C7)nc5c3F)COC4)c12. The van der Waals surface area contributed by atoms with Gasteiger partial charge in [0.1, 0.15) is 41.9 Å². The normalized spacial score (nSPS) is 26.6. The zero-order valence-electron chi connectivity index (χ0n) is 26.7. The number of likely N-dealkylation sites (tertiary alicyclic amines) is 1. The molecule has 8 heterocycles. The Kier molecular flexibility index (Phi) is 7.39. The maximum absolute atomic E-state index is 17.4. The highest BCUT2D eigenvalue weighted by atomic mass is 32.1. The molecular weight excluding hydrogens is 660 g/mol. The molecule has 4 atom stereocenters. The smallest absolute Gasteiger partial charge is 0.319 e. The maximum Gasteiger partial charge on any atom is 0.319 e. The average Bonchev–Trinajstić information content (AvgIpc) is 3.89. The summed E-state index contributed by atoms with van der Waals surface area (Å²) in [5.74, 6) is -0.836. The molecule has 3 aromatic heterocycles. The van der Waals surface area contributed by atoms with Crippen molar-refractivity contribution in [1.82, 2.24) is 24.8 Å². The summed E-state index contributed by atoms with van der Waals surface area (Å²) in [4.78, 5) is 20.5. The van der Waals surface area contributed by atoms with E-state index in [1.165, 1.54) is 0 Å². The van der Waals surface area contributed by atoms with E-state index in [1.54, 1.807) is 0 Å². The summed E-state index contributed by atoms with van der Waals surface area (Å²) < 4.78 is 72.8. The van der Waals surface area contributed by atoms with Gasteiger partial charge in [-0.15, -0.1) is 11.3 Å². The third-order valence-electron chi connectivity index (χ3n) is 11.2. The molecule has 0 aliphatic carbocycles. The Hall–Kier alpha value is -3.84. The van der Waals surface area contributed by atoms with E-state index in [2.05, 4.69) is 19.7 Å². The minimum atomic E-state index is -0.944. The minimum Gasteiger partial charge on any atom is -0.461 e. The summed E-state index contributed by atoms with van der Waals surface area (Å²) in [7, 11) is 0.